The second-order valence-electron chi connectivity index (χ2n) is 2.70. The summed E-state index contributed by atoms with van der Waals surface area (Å²) in [4.78, 5) is 10.6. The lowest BCUT2D eigenvalue weighted by Gasteiger charge is -1.98. The van der Waals surface area contributed by atoms with Crippen molar-refractivity contribution in [3.63, 3.8) is 0 Å². The van der Waals surface area contributed by atoms with Crippen LogP contribution in [0.25, 0.3) is 0 Å². The van der Waals surface area contributed by atoms with E-state index in [0.717, 1.165) is 6.07 Å². The summed E-state index contributed by atoms with van der Waals surface area (Å²) in [5, 5.41) is 8.96. The maximum absolute atomic E-state index is 12.6. The van der Waals surface area contributed by atoms with E-state index in [-0.39, 0.29) is 18.0 Å². The predicted molar refractivity (Wildman–Crippen MR) is 42.4 cm³/mol. The largest absolute Gasteiger partial charge is 0.508 e. The number of halogens is 1. The standard InChI is InChI=1S/C9H9FO2/c1-6(11)2-7-3-8(10)5-9(12)4-7/h3-5,12H,2H2,1H3. The molecule has 0 radical (unpaired) electrons. The number of aromatic hydroxyl groups is 1. The highest BCUT2D eigenvalue weighted by molar-refractivity contribution is 5.78. The van der Waals surface area contributed by atoms with E-state index >= 15 is 0 Å². The maximum atomic E-state index is 12.6. The van der Waals surface area contributed by atoms with E-state index in [1.807, 2.05) is 0 Å². The lowest BCUT2D eigenvalue weighted by Crippen LogP contribution is -1.96. The fourth-order valence-electron chi connectivity index (χ4n) is 1.02. The van der Waals surface area contributed by atoms with Crippen LogP contribution in [-0.4, -0.2) is 10.9 Å². The topological polar surface area (TPSA) is 37.3 Å². The third kappa shape index (κ3) is 2.34. The van der Waals surface area contributed by atoms with Crippen molar-refractivity contribution in [3.8, 4) is 5.75 Å². The summed E-state index contributed by atoms with van der Waals surface area (Å²) in [5.74, 6) is -0.725. The minimum absolute atomic E-state index is 0.0556. The van der Waals surface area contributed by atoms with Gasteiger partial charge in [-0.1, -0.05) is 0 Å². The number of phenolic OH excluding ortho intramolecular Hbond substituents is 1. The van der Waals surface area contributed by atoms with Crippen LogP contribution in [0.3, 0.4) is 0 Å². The highest BCUT2D eigenvalue weighted by atomic mass is 19.1. The van der Waals surface area contributed by atoms with Crippen molar-refractivity contribution in [2.45, 2.75) is 13.3 Å². The van der Waals surface area contributed by atoms with Gasteiger partial charge < -0.3 is 5.11 Å². The molecule has 0 heterocycles. The van der Waals surface area contributed by atoms with Crippen molar-refractivity contribution in [2.75, 3.05) is 0 Å². The van der Waals surface area contributed by atoms with Gasteiger partial charge in [0.15, 0.2) is 0 Å². The van der Waals surface area contributed by atoms with Crippen molar-refractivity contribution in [1.29, 1.82) is 0 Å². The van der Waals surface area contributed by atoms with Gasteiger partial charge in [0.1, 0.15) is 17.3 Å². The summed E-state index contributed by atoms with van der Waals surface area (Å²) in [6, 6.07) is 3.62. The molecule has 1 N–H and O–H groups in total. The molecule has 2 nitrogen and oxygen atoms in total. The van der Waals surface area contributed by atoms with Gasteiger partial charge in [-0.2, -0.15) is 0 Å². The first-order chi connectivity index (χ1) is 5.58. The summed E-state index contributed by atoms with van der Waals surface area (Å²) in [6.45, 7) is 1.42. The summed E-state index contributed by atoms with van der Waals surface area (Å²) in [6.07, 6.45) is 0.158. The molecule has 0 fully saturated rings. The molecule has 0 bridgehead atoms. The lowest BCUT2D eigenvalue weighted by atomic mass is 10.1. The molecule has 0 aliphatic heterocycles. The van der Waals surface area contributed by atoms with Crippen LogP contribution in [0, 0.1) is 5.82 Å². The van der Waals surface area contributed by atoms with Crippen molar-refractivity contribution >= 4 is 5.78 Å². The number of carbonyl (C=O) groups excluding carboxylic acids is 1. The van der Waals surface area contributed by atoms with Gasteiger partial charge in [0.25, 0.3) is 0 Å². The molecule has 1 aromatic rings. The number of carbonyl (C=O) groups is 1. The Morgan fingerprint density at radius 1 is 1.50 bits per heavy atom. The Bertz CT molecular complexity index is 287. The summed E-state index contributed by atoms with van der Waals surface area (Å²) in [5.41, 5.74) is 0.500. The smallest absolute Gasteiger partial charge is 0.134 e. The highest BCUT2D eigenvalue weighted by Crippen LogP contribution is 2.14. The van der Waals surface area contributed by atoms with Gasteiger partial charge in [-0.3, -0.25) is 4.79 Å². The lowest BCUT2D eigenvalue weighted by molar-refractivity contribution is -0.116. The molecule has 1 aromatic carbocycles. The fraction of sp³-hybridized carbons (Fsp3) is 0.222. The maximum Gasteiger partial charge on any atom is 0.134 e. The molecule has 0 saturated heterocycles. The first kappa shape index (κ1) is 8.71. The molecule has 0 aliphatic carbocycles. The van der Waals surface area contributed by atoms with E-state index in [1.54, 1.807) is 0 Å². The number of phenols is 1. The first-order valence-electron chi connectivity index (χ1n) is 3.56. The molecule has 0 aliphatic rings. The Morgan fingerprint density at radius 3 is 2.67 bits per heavy atom. The number of Topliss-reactive ketones (excluding diaryl/α,β-unsaturated/α-hetero) is 1. The van der Waals surface area contributed by atoms with Crippen LogP contribution in [0.1, 0.15) is 12.5 Å². The van der Waals surface area contributed by atoms with Crippen LogP contribution < -0.4 is 0 Å². The number of benzene rings is 1. The zero-order chi connectivity index (χ0) is 9.14. The molecule has 64 valence electrons. The minimum Gasteiger partial charge on any atom is -0.508 e. The van der Waals surface area contributed by atoms with Crippen LogP contribution in [0.15, 0.2) is 18.2 Å². The predicted octanol–water partition coefficient (Wildman–Crippen LogP) is 1.66. The van der Waals surface area contributed by atoms with Crippen molar-refractivity contribution in [1.82, 2.24) is 0 Å². The van der Waals surface area contributed by atoms with Crippen LogP contribution >= 0.6 is 0 Å². The molecular formula is C9H9FO2. The number of hydrogen-bond acceptors (Lipinski definition) is 2. The average Bonchev–Trinajstić information content (AvgIpc) is 1.81. The number of rotatable bonds is 2. The van der Waals surface area contributed by atoms with Crippen LogP contribution in [0.2, 0.25) is 0 Å². The van der Waals surface area contributed by atoms with Gasteiger partial charge in [0, 0.05) is 12.5 Å². The van der Waals surface area contributed by atoms with Crippen LogP contribution in [-0.2, 0) is 11.2 Å². The average molecular weight is 168 g/mol. The van der Waals surface area contributed by atoms with Crippen LogP contribution in [0.5, 0.6) is 5.75 Å². The summed E-state index contributed by atoms with van der Waals surface area (Å²) < 4.78 is 12.6. The van der Waals surface area contributed by atoms with Gasteiger partial charge in [-0.25, -0.2) is 4.39 Å². The Balaban J connectivity index is 2.93. The second-order valence-corrected chi connectivity index (χ2v) is 2.70. The normalized spacial score (nSPS) is 9.83. The summed E-state index contributed by atoms with van der Waals surface area (Å²) in [7, 11) is 0. The van der Waals surface area contributed by atoms with E-state index in [1.165, 1.54) is 19.1 Å². The Morgan fingerprint density at radius 2 is 2.17 bits per heavy atom. The number of hydrogen-bond donors (Lipinski definition) is 1. The molecule has 0 spiro atoms. The zero-order valence-electron chi connectivity index (χ0n) is 6.67. The molecule has 0 atom stereocenters. The summed E-state index contributed by atoms with van der Waals surface area (Å²) >= 11 is 0. The quantitative estimate of drug-likeness (QED) is 0.729. The molecule has 12 heavy (non-hydrogen) atoms. The fourth-order valence-corrected chi connectivity index (χ4v) is 1.02. The van der Waals surface area contributed by atoms with Gasteiger partial charge in [0.05, 0.1) is 0 Å². The molecule has 0 unspecified atom stereocenters. The minimum atomic E-state index is -0.522. The first-order valence-corrected chi connectivity index (χ1v) is 3.56. The van der Waals surface area contributed by atoms with Gasteiger partial charge in [-0.15, -0.1) is 0 Å². The monoisotopic (exact) mass is 168 g/mol. The SMILES string of the molecule is CC(=O)Cc1cc(O)cc(F)c1. The highest BCUT2D eigenvalue weighted by Gasteiger charge is 2.01. The Kier molecular flexibility index (Phi) is 2.43. The van der Waals surface area contributed by atoms with Crippen molar-refractivity contribution in [2.24, 2.45) is 0 Å². The zero-order valence-corrected chi connectivity index (χ0v) is 6.67. The molecule has 1 rings (SSSR count). The van der Waals surface area contributed by atoms with E-state index in [9.17, 15) is 9.18 Å². The van der Waals surface area contributed by atoms with Gasteiger partial charge in [0.2, 0.25) is 0 Å². The van der Waals surface area contributed by atoms with Crippen LogP contribution in [0.4, 0.5) is 4.39 Å². The van der Waals surface area contributed by atoms with Crippen molar-refractivity contribution in [3.05, 3.63) is 29.6 Å². The van der Waals surface area contributed by atoms with E-state index < -0.39 is 5.82 Å². The van der Waals surface area contributed by atoms with Crippen molar-refractivity contribution < 1.29 is 14.3 Å². The van der Waals surface area contributed by atoms with Gasteiger partial charge >= 0.3 is 0 Å². The number of ketones is 1. The third-order valence-corrected chi connectivity index (χ3v) is 1.40. The molecule has 3 heteroatoms. The van der Waals surface area contributed by atoms with E-state index in [0.29, 0.717) is 5.56 Å². The molecule has 0 aromatic heterocycles. The second kappa shape index (κ2) is 3.34. The van der Waals surface area contributed by atoms with Gasteiger partial charge in [-0.05, 0) is 24.6 Å². The third-order valence-electron chi connectivity index (χ3n) is 1.40. The Labute approximate surface area is 69.6 Å². The Hall–Kier alpha value is -1.38. The molecule has 0 saturated carbocycles. The molecular weight excluding hydrogens is 159 g/mol. The molecule has 0 amide bonds. The van der Waals surface area contributed by atoms with E-state index in [2.05, 4.69) is 0 Å². The van der Waals surface area contributed by atoms with E-state index in [4.69, 9.17) is 5.11 Å².